The second kappa shape index (κ2) is 9.11. The van der Waals surface area contributed by atoms with E-state index in [1.165, 1.54) is 20.3 Å². The van der Waals surface area contributed by atoms with E-state index in [4.69, 9.17) is 19.3 Å². The lowest BCUT2D eigenvalue weighted by Gasteiger charge is -2.39. The van der Waals surface area contributed by atoms with Gasteiger partial charge in [0.1, 0.15) is 24.4 Å². The minimum absolute atomic E-state index is 0.203. The molecular weight excluding hydrogens is 344 g/mol. The third kappa shape index (κ3) is 4.60. The van der Waals surface area contributed by atoms with Gasteiger partial charge < -0.3 is 34.6 Å². The minimum atomic E-state index is -1.49. The normalized spacial score (nSPS) is 28.9. The van der Waals surface area contributed by atoms with E-state index in [-0.39, 0.29) is 12.2 Å². The van der Waals surface area contributed by atoms with E-state index in [2.05, 4.69) is 0 Å². The molecule has 1 aromatic rings. The van der Waals surface area contributed by atoms with Gasteiger partial charge in [-0.1, -0.05) is 12.1 Å². The molecule has 0 amide bonds. The summed E-state index contributed by atoms with van der Waals surface area (Å²) < 4.78 is 15.7. The van der Waals surface area contributed by atoms with Gasteiger partial charge in [0.05, 0.1) is 26.9 Å². The molecule has 0 saturated carbocycles. The summed E-state index contributed by atoms with van der Waals surface area (Å²) in [4.78, 5) is 12.2. The van der Waals surface area contributed by atoms with Crippen molar-refractivity contribution in [2.24, 2.45) is 0 Å². The zero-order valence-corrected chi connectivity index (χ0v) is 14.6. The first kappa shape index (κ1) is 20.3. The van der Waals surface area contributed by atoms with E-state index < -0.39 is 37.1 Å². The molecule has 2 rings (SSSR count). The highest BCUT2D eigenvalue weighted by Gasteiger charge is 2.43. The maximum absolute atomic E-state index is 12.2. The number of methoxy groups -OCH3 is 2. The molecule has 8 nitrogen and oxygen atoms in total. The fourth-order valence-electron chi connectivity index (χ4n) is 2.76. The lowest BCUT2D eigenvalue weighted by molar-refractivity contribution is -0.229. The van der Waals surface area contributed by atoms with Crippen LogP contribution in [0.3, 0.4) is 0 Å². The maximum Gasteiger partial charge on any atom is 0.161 e. The van der Waals surface area contributed by atoms with Crippen molar-refractivity contribution in [1.29, 1.82) is 0 Å². The van der Waals surface area contributed by atoms with Crippen molar-refractivity contribution in [3.63, 3.8) is 0 Å². The summed E-state index contributed by atoms with van der Waals surface area (Å²) in [5.74, 6) is 0.748. The van der Waals surface area contributed by atoms with Crippen molar-refractivity contribution in [3.05, 3.63) is 29.8 Å². The van der Waals surface area contributed by atoms with Crippen LogP contribution in [0.5, 0.6) is 11.5 Å². The fraction of sp³-hybridized carbons (Fsp3) is 0.500. The number of ether oxygens (including phenoxy) is 3. The highest BCUT2D eigenvalue weighted by atomic mass is 16.5. The van der Waals surface area contributed by atoms with Gasteiger partial charge in [0, 0.05) is 6.42 Å². The maximum atomic E-state index is 12.2. The second-order valence-corrected chi connectivity index (χ2v) is 5.99. The highest BCUT2D eigenvalue weighted by molar-refractivity contribution is 5.94. The summed E-state index contributed by atoms with van der Waals surface area (Å²) in [7, 11) is 3.03. The molecule has 0 spiro atoms. The standard InChI is InChI=1S/C18H24O8/c1-24-12-6-4-10(7-13(12)25-2)3-5-11(20)8-14-16(21)18(23)17(22)15(9-19)26-14/h3-7,14-19,21-23H,8-9H2,1-2H3/b5-3+/t14-,15+,16-,17-,18+/m0/s1. The molecule has 0 bridgehead atoms. The van der Waals surface area contributed by atoms with E-state index in [9.17, 15) is 20.1 Å². The average Bonchev–Trinajstić information content (AvgIpc) is 2.66. The second-order valence-electron chi connectivity index (χ2n) is 5.99. The number of carbonyl (C=O) groups is 1. The van der Waals surface area contributed by atoms with Crippen molar-refractivity contribution in [2.75, 3.05) is 20.8 Å². The minimum Gasteiger partial charge on any atom is -0.493 e. The van der Waals surface area contributed by atoms with Crippen molar-refractivity contribution in [2.45, 2.75) is 36.9 Å². The van der Waals surface area contributed by atoms with Crippen LogP contribution in [-0.4, -0.2) is 77.6 Å². The number of aliphatic hydroxyl groups is 4. The van der Waals surface area contributed by atoms with Crippen LogP contribution in [-0.2, 0) is 9.53 Å². The lowest BCUT2D eigenvalue weighted by Crippen LogP contribution is -2.58. The summed E-state index contributed by atoms with van der Waals surface area (Å²) in [6, 6.07) is 5.16. The highest BCUT2D eigenvalue weighted by Crippen LogP contribution is 2.28. The topological polar surface area (TPSA) is 126 Å². The third-order valence-corrected chi connectivity index (χ3v) is 4.26. The van der Waals surface area contributed by atoms with E-state index in [1.54, 1.807) is 24.3 Å². The van der Waals surface area contributed by atoms with Crippen LogP contribution < -0.4 is 9.47 Å². The summed E-state index contributed by atoms with van der Waals surface area (Å²) in [6.07, 6.45) is -3.71. The predicted octanol–water partition coefficient (Wildman–Crippen LogP) is -0.481. The number of benzene rings is 1. The molecule has 1 fully saturated rings. The van der Waals surface area contributed by atoms with Gasteiger partial charge in [0.2, 0.25) is 0 Å². The molecule has 1 heterocycles. The lowest BCUT2D eigenvalue weighted by atomic mass is 9.92. The van der Waals surface area contributed by atoms with Crippen molar-refractivity contribution in [1.82, 2.24) is 0 Å². The molecule has 8 heteroatoms. The fourth-order valence-corrected chi connectivity index (χ4v) is 2.76. The van der Waals surface area contributed by atoms with Crippen molar-refractivity contribution in [3.8, 4) is 11.5 Å². The Bertz CT molecular complexity index is 642. The zero-order valence-electron chi connectivity index (χ0n) is 14.6. The van der Waals surface area contributed by atoms with Crippen LogP contribution >= 0.6 is 0 Å². The first-order chi connectivity index (χ1) is 12.4. The van der Waals surface area contributed by atoms with Crippen LogP contribution in [0.25, 0.3) is 6.08 Å². The summed E-state index contributed by atoms with van der Waals surface area (Å²) in [5.41, 5.74) is 0.713. The van der Waals surface area contributed by atoms with Gasteiger partial charge >= 0.3 is 0 Å². The molecule has 0 aromatic heterocycles. The molecule has 0 unspecified atom stereocenters. The van der Waals surface area contributed by atoms with Gasteiger partial charge in [0.15, 0.2) is 17.3 Å². The number of ketones is 1. The van der Waals surface area contributed by atoms with Crippen LogP contribution in [0, 0.1) is 0 Å². The summed E-state index contributed by atoms with van der Waals surface area (Å²) in [6.45, 7) is -0.531. The Morgan fingerprint density at radius 1 is 1.08 bits per heavy atom. The van der Waals surface area contributed by atoms with E-state index in [0.29, 0.717) is 17.1 Å². The van der Waals surface area contributed by atoms with Gasteiger partial charge in [-0.2, -0.15) is 0 Å². The average molecular weight is 368 g/mol. The van der Waals surface area contributed by atoms with Crippen molar-refractivity contribution < 1.29 is 39.4 Å². The molecule has 144 valence electrons. The van der Waals surface area contributed by atoms with E-state index in [0.717, 1.165) is 0 Å². The SMILES string of the molecule is COc1ccc(/C=C/C(=O)C[C@@H]2O[C@H](CO)[C@H](O)[C@H](O)[C@H]2O)cc1OC. The number of allylic oxidation sites excluding steroid dienone is 1. The molecule has 4 N–H and O–H groups in total. The Kier molecular flexibility index (Phi) is 7.13. The molecule has 1 aromatic carbocycles. The van der Waals surface area contributed by atoms with Gasteiger partial charge in [0.25, 0.3) is 0 Å². The van der Waals surface area contributed by atoms with Crippen LogP contribution in [0.2, 0.25) is 0 Å². The number of hydrogen-bond donors (Lipinski definition) is 4. The quantitative estimate of drug-likeness (QED) is 0.476. The molecule has 1 aliphatic rings. The molecule has 1 saturated heterocycles. The van der Waals surface area contributed by atoms with Gasteiger partial charge in [-0.05, 0) is 23.8 Å². The Hall–Kier alpha value is -1.97. The number of aliphatic hydroxyl groups excluding tert-OH is 4. The first-order valence-electron chi connectivity index (χ1n) is 8.14. The third-order valence-electron chi connectivity index (χ3n) is 4.26. The number of carbonyl (C=O) groups excluding carboxylic acids is 1. The Morgan fingerprint density at radius 2 is 1.73 bits per heavy atom. The molecule has 0 radical (unpaired) electrons. The van der Waals surface area contributed by atoms with Gasteiger partial charge in [-0.15, -0.1) is 0 Å². The molecule has 5 atom stereocenters. The Morgan fingerprint density at radius 3 is 2.35 bits per heavy atom. The van der Waals surface area contributed by atoms with Gasteiger partial charge in [-0.3, -0.25) is 4.79 Å². The van der Waals surface area contributed by atoms with Gasteiger partial charge in [-0.25, -0.2) is 0 Å². The molecular formula is C18H24O8. The Balaban J connectivity index is 2.02. The van der Waals surface area contributed by atoms with Crippen LogP contribution in [0.1, 0.15) is 12.0 Å². The molecule has 1 aliphatic heterocycles. The first-order valence-corrected chi connectivity index (χ1v) is 8.14. The summed E-state index contributed by atoms with van der Waals surface area (Å²) >= 11 is 0. The zero-order chi connectivity index (χ0) is 19.3. The molecule has 0 aliphatic carbocycles. The Labute approximate surface area is 151 Å². The van der Waals surface area contributed by atoms with E-state index in [1.807, 2.05) is 0 Å². The molecule has 26 heavy (non-hydrogen) atoms. The largest absolute Gasteiger partial charge is 0.493 e. The van der Waals surface area contributed by atoms with Crippen LogP contribution in [0.4, 0.5) is 0 Å². The van der Waals surface area contributed by atoms with Crippen LogP contribution in [0.15, 0.2) is 24.3 Å². The number of hydrogen-bond acceptors (Lipinski definition) is 8. The monoisotopic (exact) mass is 368 g/mol. The van der Waals surface area contributed by atoms with Crippen molar-refractivity contribution >= 4 is 11.9 Å². The summed E-state index contributed by atoms with van der Waals surface area (Å²) in [5, 5.41) is 38.6. The van der Waals surface area contributed by atoms with E-state index >= 15 is 0 Å². The number of rotatable bonds is 7. The predicted molar refractivity (Wildman–Crippen MR) is 92.0 cm³/mol. The smallest absolute Gasteiger partial charge is 0.161 e.